The Bertz CT molecular complexity index is 977. The van der Waals surface area contributed by atoms with Crippen LogP contribution in [0.2, 0.25) is 0 Å². The van der Waals surface area contributed by atoms with Crippen LogP contribution in [0.25, 0.3) is 0 Å². The summed E-state index contributed by atoms with van der Waals surface area (Å²) in [6, 6.07) is 12.9. The van der Waals surface area contributed by atoms with E-state index in [1.54, 1.807) is 42.5 Å². The molecule has 0 unspecified atom stereocenters. The molecule has 2 aromatic carbocycles. The molecule has 1 aliphatic rings. The first-order valence-corrected chi connectivity index (χ1v) is 11.1. The van der Waals surface area contributed by atoms with Gasteiger partial charge >= 0.3 is 0 Å². The van der Waals surface area contributed by atoms with E-state index in [4.69, 9.17) is 9.47 Å². The molecule has 7 nitrogen and oxygen atoms in total. The zero-order valence-electron chi connectivity index (χ0n) is 17.1. The summed E-state index contributed by atoms with van der Waals surface area (Å²) in [5, 5.41) is 2.77. The molecule has 0 aromatic heterocycles. The quantitative estimate of drug-likeness (QED) is 0.682. The second kappa shape index (κ2) is 9.42. The summed E-state index contributed by atoms with van der Waals surface area (Å²) in [5.74, 6) is 0.351. The Hall–Kier alpha value is -2.68. The van der Waals surface area contributed by atoms with Crippen molar-refractivity contribution in [2.75, 3.05) is 25.0 Å². The van der Waals surface area contributed by atoms with Crippen LogP contribution in [0.5, 0.6) is 5.75 Å². The van der Waals surface area contributed by atoms with Gasteiger partial charge in [-0.2, -0.15) is 4.31 Å². The van der Waals surface area contributed by atoms with Gasteiger partial charge in [-0.15, -0.1) is 0 Å². The number of ether oxygens (including phenoxy) is 2. The molecule has 0 aliphatic carbocycles. The number of nitrogens with one attached hydrogen (secondary N) is 1. The van der Waals surface area contributed by atoms with E-state index < -0.39 is 10.0 Å². The molecule has 2 aromatic rings. The van der Waals surface area contributed by atoms with Gasteiger partial charge in [-0.3, -0.25) is 4.79 Å². The first-order chi connectivity index (χ1) is 14.3. The maximum atomic E-state index is 12.9. The summed E-state index contributed by atoms with van der Waals surface area (Å²) >= 11 is 0. The highest BCUT2D eigenvalue weighted by molar-refractivity contribution is 7.89. The number of nitrogens with zero attached hydrogens (tertiary/aromatic N) is 1. The lowest BCUT2D eigenvalue weighted by Crippen LogP contribution is -2.48. The summed E-state index contributed by atoms with van der Waals surface area (Å²) in [6.45, 7) is 8.33. The van der Waals surface area contributed by atoms with E-state index in [0.29, 0.717) is 36.7 Å². The summed E-state index contributed by atoms with van der Waals surface area (Å²) in [4.78, 5) is 12.6. The fourth-order valence-electron chi connectivity index (χ4n) is 3.25. The molecule has 0 radical (unpaired) electrons. The molecule has 0 saturated carbocycles. The number of anilines is 1. The van der Waals surface area contributed by atoms with Crippen LogP contribution in [0.3, 0.4) is 0 Å². The van der Waals surface area contributed by atoms with E-state index in [-0.39, 0.29) is 23.0 Å². The van der Waals surface area contributed by atoms with Crippen molar-refractivity contribution in [1.29, 1.82) is 0 Å². The van der Waals surface area contributed by atoms with Crippen LogP contribution in [-0.4, -0.2) is 50.5 Å². The number of sulfonamides is 1. The molecule has 1 amide bonds. The Morgan fingerprint density at radius 2 is 1.73 bits per heavy atom. The van der Waals surface area contributed by atoms with Crippen molar-refractivity contribution < 1.29 is 22.7 Å². The standard InChI is InChI=1S/C22H26N2O5S/c1-4-13-28-20-9-5-18(6-10-20)22(25)23-19-7-11-21(12-8-19)30(26,27)24-14-16(2)29-17(3)15-24/h4-12,16-17H,1,13-15H2,2-3H3,(H,23,25)/t16-,17-/m1/s1. The van der Waals surface area contributed by atoms with Crippen molar-refractivity contribution >= 4 is 21.6 Å². The van der Waals surface area contributed by atoms with E-state index >= 15 is 0 Å². The lowest BCUT2D eigenvalue weighted by atomic mass is 10.2. The van der Waals surface area contributed by atoms with Crippen molar-refractivity contribution in [3.05, 3.63) is 66.7 Å². The number of hydrogen-bond donors (Lipinski definition) is 1. The molecule has 1 saturated heterocycles. The molecule has 30 heavy (non-hydrogen) atoms. The fraction of sp³-hybridized carbons (Fsp3) is 0.318. The van der Waals surface area contributed by atoms with Gasteiger partial charge in [-0.05, 0) is 62.4 Å². The third-order valence-corrected chi connectivity index (χ3v) is 6.47. The molecular weight excluding hydrogens is 404 g/mol. The van der Waals surface area contributed by atoms with Crippen LogP contribution in [0.4, 0.5) is 5.69 Å². The number of rotatable bonds is 7. The van der Waals surface area contributed by atoms with Gasteiger partial charge in [-0.1, -0.05) is 12.7 Å². The maximum Gasteiger partial charge on any atom is 0.255 e. The van der Waals surface area contributed by atoms with Crippen LogP contribution in [0.1, 0.15) is 24.2 Å². The summed E-state index contributed by atoms with van der Waals surface area (Å²) in [7, 11) is -3.62. The van der Waals surface area contributed by atoms with Crippen LogP contribution in [0, 0.1) is 0 Å². The number of carbonyl (C=O) groups excluding carboxylic acids is 1. The average Bonchev–Trinajstić information content (AvgIpc) is 2.72. The van der Waals surface area contributed by atoms with Gasteiger partial charge < -0.3 is 14.8 Å². The second-order valence-electron chi connectivity index (χ2n) is 7.18. The predicted octanol–water partition coefficient (Wildman–Crippen LogP) is 3.30. The van der Waals surface area contributed by atoms with Gasteiger partial charge in [0.25, 0.3) is 5.91 Å². The van der Waals surface area contributed by atoms with Gasteiger partial charge in [-0.25, -0.2) is 8.42 Å². The predicted molar refractivity (Wildman–Crippen MR) is 115 cm³/mol. The third-order valence-electron chi connectivity index (χ3n) is 4.62. The molecule has 1 heterocycles. The molecule has 1 fully saturated rings. The minimum absolute atomic E-state index is 0.157. The summed E-state index contributed by atoms with van der Waals surface area (Å²) < 4.78 is 38.3. The normalized spacial score (nSPS) is 19.8. The molecule has 1 aliphatic heterocycles. The number of amides is 1. The van der Waals surface area contributed by atoms with E-state index in [0.717, 1.165) is 0 Å². The van der Waals surface area contributed by atoms with Gasteiger partial charge in [0.2, 0.25) is 10.0 Å². The van der Waals surface area contributed by atoms with Crippen LogP contribution < -0.4 is 10.1 Å². The molecule has 1 N–H and O–H groups in total. The largest absolute Gasteiger partial charge is 0.490 e. The van der Waals surface area contributed by atoms with Gasteiger partial charge in [0.15, 0.2) is 0 Å². The van der Waals surface area contributed by atoms with Crippen molar-refractivity contribution in [3.63, 3.8) is 0 Å². The topological polar surface area (TPSA) is 84.9 Å². The van der Waals surface area contributed by atoms with Crippen molar-refractivity contribution in [3.8, 4) is 5.75 Å². The van der Waals surface area contributed by atoms with E-state index in [1.165, 1.54) is 16.4 Å². The molecule has 0 bridgehead atoms. The lowest BCUT2D eigenvalue weighted by molar-refractivity contribution is -0.0440. The van der Waals surface area contributed by atoms with Crippen LogP contribution in [0.15, 0.2) is 66.1 Å². The monoisotopic (exact) mass is 430 g/mol. The number of morpholine rings is 1. The third kappa shape index (κ3) is 5.27. The number of carbonyl (C=O) groups is 1. The van der Waals surface area contributed by atoms with Crippen LogP contribution >= 0.6 is 0 Å². The smallest absolute Gasteiger partial charge is 0.255 e. The van der Waals surface area contributed by atoms with E-state index in [1.807, 2.05) is 13.8 Å². The molecule has 8 heteroatoms. The van der Waals surface area contributed by atoms with Crippen molar-refractivity contribution in [2.45, 2.75) is 31.0 Å². The molecule has 160 valence electrons. The van der Waals surface area contributed by atoms with Crippen molar-refractivity contribution in [1.82, 2.24) is 4.31 Å². The summed E-state index contributed by atoms with van der Waals surface area (Å²) in [6.07, 6.45) is 1.33. The SMILES string of the molecule is C=CCOc1ccc(C(=O)Nc2ccc(S(=O)(=O)N3C[C@@H](C)O[C@H](C)C3)cc2)cc1. The molecular formula is C22H26N2O5S. The second-order valence-corrected chi connectivity index (χ2v) is 9.12. The first kappa shape index (κ1) is 22.0. The number of benzene rings is 2. The lowest BCUT2D eigenvalue weighted by Gasteiger charge is -2.34. The highest BCUT2D eigenvalue weighted by Crippen LogP contribution is 2.23. The van der Waals surface area contributed by atoms with Crippen LogP contribution in [-0.2, 0) is 14.8 Å². The first-order valence-electron chi connectivity index (χ1n) is 9.70. The molecule has 0 spiro atoms. The average molecular weight is 431 g/mol. The highest BCUT2D eigenvalue weighted by atomic mass is 32.2. The maximum absolute atomic E-state index is 12.9. The van der Waals surface area contributed by atoms with Gasteiger partial charge in [0, 0.05) is 24.3 Å². The fourth-order valence-corrected chi connectivity index (χ4v) is 4.84. The minimum Gasteiger partial charge on any atom is -0.490 e. The van der Waals surface area contributed by atoms with Gasteiger partial charge in [0.1, 0.15) is 12.4 Å². The zero-order valence-corrected chi connectivity index (χ0v) is 17.9. The Balaban J connectivity index is 1.66. The minimum atomic E-state index is -3.62. The van der Waals surface area contributed by atoms with E-state index in [9.17, 15) is 13.2 Å². The molecule has 2 atom stereocenters. The van der Waals surface area contributed by atoms with Gasteiger partial charge in [0.05, 0.1) is 17.1 Å². The Kier molecular flexibility index (Phi) is 6.91. The van der Waals surface area contributed by atoms with Crippen molar-refractivity contribution in [2.24, 2.45) is 0 Å². The number of hydrogen-bond acceptors (Lipinski definition) is 5. The molecule has 3 rings (SSSR count). The summed E-state index contributed by atoms with van der Waals surface area (Å²) in [5.41, 5.74) is 0.976. The zero-order chi connectivity index (χ0) is 21.7. The Morgan fingerprint density at radius 1 is 1.13 bits per heavy atom. The highest BCUT2D eigenvalue weighted by Gasteiger charge is 2.32. The Labute approximate surface area is 177 Å². The van der Waals surface area contributed by atoms with E-state index in [2.05, 4.69) is 11.9 Å². The Morgan fingerprint density at radius 3 is 2.30 bits per heavy atom.